The van der Waals surface area contributed by atoms with Gasteiger partial charge in [0.2, 0.25) is 5.91 Å². The molecule has 0 aliphatic carbocycles. The summed E-state index contributed by atoms with van der Waals surface area (Å²) in [5.41, 5.74) is -0.189. The number of ether oxygens (including phenoxy) is 1. The van der Waals surface area contributed by atoms with Crippen molar-refractivity contribution in [2.45, 2.75) is 33.2 Å². The van der Waals surface area contributed by atoms with Crippen LogP contribution in [0.3, 0.4) is 0 Å². The lowest BCUT2D eigenvalue weighted by Crippen LogP contribution is -2.37. The first-order valence-electron chi connectivity index (χ1n) is 7.58. The second kappa shape index (κ2) is 8.17. The normalized spacial score (nSPS) is 13.5. The van der Waals surface area contributed by atoms with E-state index < -0.39 is 29.5 Å². The van der Waals surface area contributed by atoms with Crippen molar-refractivity contribution in [2.75, 3.05) is 14.2 Å². The Morgan fingerprint density at radius 3 is 2.04 bits per heavy atom. The van der Waals surface area contributed by atoms with Gasteiger partial charge < -0.3 is 9.64 Å². The van der Waals surface area contributed by atoms with Crippen LogP contribution in [-0.4, -0.2) is 30.9 Å². The summed E-state index contributed by atoms with van der Waals surface area (Å²) in [4.78, 5) is 25.5. The monoisotopic (exact) mass is 345 g/mol. The number of hydrogen-bond donors (Lipinski definition) is 0. The number of hydrogen-bond acceptors (Lipinski definition) is 3. The average molecular weight is 345 g/mol. The van der Waals surface area contributed by atoms with E-state index >= 15 is 0 Å². The van der Waals surface area contributed by atoms with Crippen molar-refractivity contribution in [3.05, 3.63) is 35.1 Å². The molecular weight excluding hydrogens is 323 g/mol. The zero-order valence-corrected chi connectivity index (χ0v) is 14.4. The van der Waals surface area contributed by atoms with Crippen LogP contribution >= 0.6 is 0 Å². The number of esters is 1. The first-order chi connectivity index (χ1) is 11.1. The van der Waals surface area contributed by atoms with Gasteiger partial charge in [-0.1, -0.05) is 20.8 Å². The summed E-state index contributed by atoms with van der Waals surface area (Å²) < 4.78 is 44.7. The maximum Gasteiger partial charge on any atom is 0.333 e. The Labute approximate surface area is 139 Å². The fourth-order valence-electron chi connectivity index (χ4n) is 2.16. The van der Waals surface area contributed by atoms with E-state index in [0.717, 1.165) is 12.0 Å². The largest absolute Gasteiger partial charge is 0.467 e. The van der Waals surface area contributed by atoms with Gasteiger partial charge in [0.05, 0.1) is 7.11 Å². The average Bonchev–Trinajstić information content (AvgIpc) is 2.51. The van der Waals surface area contributed by atoms with Gasteiger partial charge in [0, 0.05) is 13.5 Å². The van der Waals surface area contributed by atoms with Crippen molar-refractivity contribution in [2.24, 2.45) is 11.8 Å². The Morgan fingerprint density at radius 2 is 1.62 bits per heavy atom. The van der Waals surface area contributed by atoms with E-state index in [1.165, 1.54) is 7.05 Å². The van der Waals surface area contributed by atoms with E-state index in [0.29, 0.717) is 12.1 Å². The highest BCUT2D eigenvalue weighted by molar-refractivity contribution is 5.85. The van der Waals surface area contributed by atoms with Crippen molar-refractivity contribution in [3.63, 3.8) is 0 Å². The number of carbonyl (C=O) groups is 2. The molecule has 1 amide bonds. The van der Waals surface area contributed by atoms with Gasteiger partial charge in [-0.15, -0.1) is 0 Å². The molecule has 0 unspecified atom stereocenters. The first kappa shape index (κ1) is 20.0. The minimum absolute atomic E-state index is 0.0555. The molecule has 0 bridgehead atoms. The molecule has 0 saturated heterocycles. The number of rotatable bonds is 6. The Morgan fingerprint density at radius 1 is 1.12 bits per heavy atom. The van der Waals surface area contributed by atoms with Gasteiger partial charge in [0.25, 0.3) is 0 Å². The van der Waals surface area contributed by atoms with Crippen molar-refractivity contribution in [3.8, 4) is 0 Å². The van der Waals surface area contributed by atoms with Crippen molar-refractivity contribution in [1.29, 1.82) is 0 Å². The molecule has 0 saturated carbocycles. The Bertz CT molecular complexity index is 596. The van der Waals surface area contributed by atoms with E-state index in [2.05, 4.69) is 4.74 Å². The van der Waals surface area contributed by atoms with Crippen LogP contribution in [0.1, 0.15) is 38.8 Å². The summed E-state index contributed by atoms with van der Waals surface area (Å²) in [5, 5.41) is 0. The van der Waals surface area contributed by atoms with Gasteiger partial charge in [0.1, 0.15) is 0 Å². The van der Waals surface area contributed by atoms with E-state index in [9.17, 15) is 22.8 Å². The fraction of sp³-hybridized carbons (Fsp3) is 0.529. The van der Waals surface area contributed by atoms with Crippen LogP contribution in [0, 0.1) is 29.3 Å². The van der Waals surface area contributed by atoms with Gasteiger partial charge in [-0.05, 0) is 29.5 Å². The van der Waals surface area contributed by atoms with Crippen molar-refractivity contribution < 1.29 is 27.5 Å². The second-order valence-corrected chi connectivity index (χ2v) is 6.15. The number of carbonyl (C=O) groups excluding carboxylic acids is 2. The first-order valence-corrected chi connectivity index (χ1v) is 7.58. The summed E-state index contributed by atoms with van der Waals surface area (Å²) in [6, 6.07) is 0.0251. The van der Waals surface area contributed by atoms with Crippen molar-refractivity contribution >= 4 is 11.9 Å². The molecule has 0 N–H and O–H groups in total. The van der Waals surface area contributed by atoms with Crippen LogP contribution in [0.15, 0.2) is 12.1 Å². The lowest BCUT2D eigenvalue weighted by molar-refractivity contribution is -0.152. The minimum atomic E-state index is -1.63. The maximum absolute atomic E-state index is 13.5. The standard InChI is InChI=1S/C17H22F3NO3/c1-9(2)10(3)6-14(22)21(4)16(17(23)24-5)11-7-12(18)15(20)13(19)8-11/h7-10,16H,6H2,1-5H3/t10-,16-/m0/s1. The van der Waals surface area contributed by atoms with E-state index in [4.69, 9.17) is 0 Å². The molecule has 2 atom stereocenters. The van der Waals surface area contributed by atoms with E-state index in [-0.39, 0.29) is 29.7 Å². The quantitative estimate of drug-likeness (QED) is 0.586. The summed E-state index contributed by atoms with van der Waals surface area (Å²) in [6.07, 6.45) is 0.161. The topological polar surface area (TPSA) is 46.6 Å². The molecule has 1 aromatic carbocycles. The number of nitrogens with zero attached hydrogens (tertiary/aromatic N) is 1. The lowest BCUT2D eigenvalue weighted by atomic mass is 9.93. The Balaban J connectivity index is 3.18. The molecule has 0 aromatic heterocycles. The lowest BCUT2D eigenvalue weighted by Gasteiger charge is -2.28. The van der Waals surface area contributed by atoms with Crippen LogP contribution in [0.4, 0.5) is 13.2 Å². The molecule has 0 fully saturated rings. The van der Waals surface area contributed by atoms with Crippen LogP contribution in [-0.2, 0) is 14.3 Å². The Hall–Kier alpha value is -2.05. The summed E-state index contributed by atoms with van der Waals surface area (Å²) in [6.45, 7) is 5.81. The van der Waals surface area contributed by atoms with E-state index in [1.54, 1.807) is 0 Å². The van der Waals surface area contributed by atoms with Gasteiger partial charge >= 0.3 is 5.97 Å². The van der Waals surface area contributed by atoms with E-state index in [1.807, 2.05) is 20.8 Å². The van der Waals surface area contributed by atoms with Gasteiger partial charge in [0.15, 0.2) is 23.5 Å². The molecule has 0 aliphatic rings. The predicted octanol–water partition coefficient (Wildman–Crippen LogP) is 3.46. The summed E-state index contributed by atoms with van der Waals surface area (Å²) >= 11 is 0. The molecule has 134 valence electrons. The van der Waals surface area contributed by atoms with Crippen LogP contribution in [0.5, 0.6) is 0 Å². The highest BCUT2D eigenvalue weighted by Gasteiger charge is 2.32. The Kier molecular flexibility index (Phi) is 6.81. The molecule has 4 nitrogen and oxygen atoms in total. The number of methoxy groups -OCH3 is 1. The third-order valence-electron chi connectivity index (χ3n) is 4.16. The molecule has 0 spiro atoms. The minimum Gasteiger partial charge on any atom is -0.467 e. The number of benzene rings is 1. The number of halogens is 3. The zero-order chi connectivity index (χ0) is 18.6. The third-order valence-corrected chi connectivity index (χ3v) is 4.16. The number of amides is 1. The van der Waals surface area contributed by atoms with Gasteiger partial charge in [-0.3, -0.25) is 4.79 Å². The molecular formula is C17H22F3NO3. The molecule has 1 rings (SSSR count). The van der Waals surface area contributed by atoms with Crippen LogP contribution in [0.2, 0.25) is 0 Å². The summed E-state index contributed by atoms with van der Waals surface area (Å²) in [7, 11) is 2.44. The molecule has 1 aromatic rings. The van der Waals surface area contributed by atoms with Gasteiger partial charge in [-0.25, -0.2) is 18.0 Å². The molecule has 0 aliphatic heterocycles. The van der Waals surface area contributed by atoms with Crippen molar-refractivity contribution in [1.82, 2.24) is 4.90 Å². The fourth-order valence-corrected chi connectivity index (χ4v) is 2.16. The summed E-state index contributed by atoms with van der Waals surface area (Å²) in [5.74, 6) is -5.44. The molecule has 0 heterocycles. The zero-order valence-electron chi connectivity index (χ0n) is 14.4. The maximum atomic E-state index is 13.5. The highest BCUT2D eigenvalue weighted by Crippen LogP contribution is 2.26. The SMILES string of the molecule is COC(=O)[C@H](c1cc(F)c(F)c(F)c1)N(C)C(=O)C[C@H](C)C(C)C. The van der Waals surface area contributed by atoms with Crippen LogP contribution < -0.4 is 0 Å². The van der Waals surface area contributed by atoms with Crippen LogP contribution in [0.25, 0.3) is 0 Å². The number of likely N-dealkylation sites (N-methyl/N-ethyl adjacent to an activating group) is 1. The smallest absolute Gasteiger partial charge is 0.333 e. The second-order valence-electron chi connectivity index (χ2n) is 6.15. The molecule has 7 heteroatoms. The van der Waals surface area contributed by atoms with Gasteiger partial charge in [-0.2, -0.15) is 0 Å². The molecule has 24 heavy (non-hydrogen) atoms. The highest BCUT2D eigenvalue weighted by atomic mass is 19.2. The molecule has 0 radical (unpaired) electrons. The predicted molar refractivity (Wildman–Crippen MR) is 82.5 cm³/mol. The third kappa shape index (κ3) is 4.49.